The minimum absolute atomic E-state index is 0. The van der Waals surface area contributed by atoms with E-state index in [1.54, 1.807) is 18.3 Å². The SMILES string of the molecule is Cc1ncc(Br)cc1C(=O)c1cccc(N2CCCN(C(=O)Cc3ccccc3)CC2)n1.[HH]. The molecule has 1 aliphatic heterocycles. The lowest BCUT2D eigenvalue weighted by molar-refractivity contribution is -0.130. The molecule has 0 radical (unpaired) electrons. The molecule has 1 saturated heterocycles. The van der Waals surface area contributed by atoms with Crippen molar-refractivity contribution in [3.05, 3.63) is 87.8 Å². The summed E-state index contributed by atoms with van der Waals surface area (Å²) in [5, 5.41) is 0. The molecule has 2 aromatic heterocycles. The van der Waals surface area contributed by atoms with Gasteiger partial charge in [-0.05, 0) is 53.0 Å². The van der Waals surface area contributed by atoms with Gasteiger partial charge in [0, 0.05) is 49.5 Å². The molecule has 3 aromatic rings. The molecule has 0 bridgehead atoms. The van der Waals surface area contributed by atoms with Gasteiger partial charge < -0.3 is 9.80 Å². The number of carbonyl (C=O) groups is 2. The van der Waals surface area contributed by atoms with Crippen LogP contribution in [0.1, 0.15) is 35.2 Å². The summed E-state index contributed by atoms with van der Waals surface area (Å²) in [6.07, 6.45) is 2.95. The van der Waals surface area contributed by atoms with Gasteiger partial charge in [0.1, 0.15) is 11.5 Å². The van der Waals surface area contributed by atoms with Crippen LogP contribution in [0.2, 0.25) is 0 Å². The van der Waals surface area contributed by atoms with Gasteiger partial charge in [-0.15, -0.1) is 0 Å². The van der Waals surface area contributed by atoms with Crippen molar-refractivity contribution in [2.45, 2.75) is 19.8 Å². The number of anilines is 1. The quantitative estimate of drug-likeness (QED) is 0.494. The van der Waals surface area contributed by atoms with Crippen molar-refractivity contribution >= 4 is 33.4 Å². The molecule has 7 heteroatoms. The first-order valence-corrected chi connectivity index (χ1v) is 11.5. The van der Waals surface area contributed by atoms with Gasteiger partial charge in [-0.2, -0.15) is 0 Å². The van der Waals surface area contributed by atoms with Gasteiger partial charge in [0.25, 0.3) is 0 Å². The van der Waals surface area contributed by atoms with Crippen LogP contribution in [0, 0.1) is 6.92 Å². The summed E-state index contributed by atoms with van der Waals surface area (Å²) in [7, 11) is 0. The molecule has 0 atom stereocenters. The Bertz CT molecular complexity index is 1130. The number of aromatic nitrogens is 2. The Morgan fingerprint density at radius 1 is 1.03 bits per heavy atom. The van der Waals surface area contributed by atoms with E-state index in [1.165, 1.54) is 0 Å². The average molecular weight is 495 g/mol. The lowest BCUT2D eigenvalue weighted by Gasteiger charge is -2.23. The van der Waals surface area contributed by atoms with Crippen molar-refractivity contribution < 1.29 is 11.0 Å². The third kappa shape index (κ3) is 5.22. The second kappa shape index (κ2) is 10.0. The number of nitrogens with zero attached hydrogens (tertiary/aromatic N) is 4. The predicted octanol–water partition coefficient (Wildman–Crippen LogP) is 4.31. The average Bonchev–Trinajstić information content (AvgIpc) is 3.07. The number of hydrogen-bond donors (Lipinski definition) is 0. The van der Waals surface area contributed by atoms with Crippen molar-refractivity contribution in [1.82, 2.24) is 14.9 Å². The lowest BCUT2D eigenvalue weighted by atomic mass is 10.1. The van der Waals surface area contributed by atoms with E-state index in [0.29, 0.717) is 36.5 Å². The summed E-state index contributed by atoms with van der Waals surface area (Å²) in [5.74, 6) is 0.758. The Labute approximate surface area is 197 Å². The minimum Gasteiger partial charge on any atom is -0.355 e. The third-order valence-corrected chi connectivity index (χ3v) is 6.07. The maximum atomic E-state index is 13.0. The molecule has 6 nitrogen and oxygen atoms in total. The number of ketones is 1. The Balaban J connectivity index is 0.00000306. The minimum atomic E-state index is -0.146. The lowest BCUT2D eigenvalue weighted by Crippen LogP contribution is -2.36. The summed E-state index contributed by atoms with van der Waals surface area (Å²) in [5.41, 5.74) is 2.64. The van der Waals surface area contributed by atoms with Crippen LogP contribution in [-0.4, -0.2) is 52.7 Å². The van der Waals surface area contributed by atoms with Crippen molar-refractivity contribution in [3.63, 3.8) is 0 Å². The first-order chi connectivity index (χ1) is 15.5. The molecule has 0 aliphatic carbocycles. The van der Waals surface area contributed by atoms with E-state index in [4.69, 9.17) is 0 Å². The summed E-state index contributed by atoms with van der Waals surface area (Å²) in [6.45, 7) is 4.66. The van der Waals surface area contributed by atoms with Crippen LogP contribution in [0.25, 0.3) is 0 Å². The largest absolute Gasteiger partial charge is 0.355 e. The van der Waals surface area contributed by atoms with Crippen LogP contribution in [0.5, 0.6) is 0 Å². The zero-order valence-corrected chi connectivity index (χ0v) is 19.6. The van der Waals surface area contributed by atoms with Crippen LogP contribution >= 0.6 is 15.9 Å². The molecule has 32 heavy (non-hydrogen) atoms. The Morgan fingerprint density at radius 2 is 1.84 bits per heavy atom. The number of hydrogen-bond acceptors (Lipinski definition) is 5. The van der Waals surface area contributed by atoms with E-state index < -0.39 is 0 Å². The van der Waals surface area contributed by atoms with Gasteiger partial charge in [0.05, 0.1) is 6.42 Å². The zero-order valence-electron chi connectivity index (χ0n) is 18.0. The highest BCUT2D eigenvalue weighted by molar-refractivity contribution is 9.10. The molecular weight excluding hydrogens is 468 g/mol. The summed E-state index contributed by atoms with van der Waals surface area (Å²) < 4.78 is 0.760. The maximum Gasteiger partial charge on any atom is 0.227 e. The molecular formula is C25H27BrN4O2. The molecule has 166 valence electrons. The van der Waals surface area contributed by atoms with Crippen molar-refractivity contribution in [2.24, 2.45) is 0 Å². The number of pyridine rings is 2. The normalized spacial score (nSPS) is 14.2. The Hall–Kier alpha value is -3.06. The highest BCUT2D eigenvalue weighted by atomic mass is 79.9. The van der Waals surface area contributed by atoms with Gasteiger partial charge in [-0.3, -0.25) is 14.6 Å². The molecule has 1 amide bonds. The van der Waals surface area contributed by atoms with Crippen LogP contribution < -0.4 is 4.90 Å². The monoisotopic (exact) mass is 494 g/mol. The molecule has 0 spiro atoms. The van der Waals surface area contributed by atoms with Crippen LogP contribution in [0.3, 0.4) is 0 Å². The Morgan fingerprint density at radius 3 is 2.66 bits per heavy atom. The van der Waals surface area contributed by atoms with E-state index in [0.717, 1.165) is 35.4 Å². The van der Waals surface area contributed by atoms with E-state index in [9.17, 15) is 9.59 Å². The topological polar surface area (TPSA) is 66.4 Å². The van der Waals surface area contributed by atoms with Gasteiger partial charge >= 0.3 is 0 Å². The fourth-order valence-corrected chi connectivity index (χ4v) is 4.21. The number of carbonyl (C=O) groups excluding carboxylic acids is 2. The highest BCUT2D eigenvalue weighted by Crippen LogP contribution is 2.20. The third-order valence-electron chi connectivity index (χ3n) is 5.64. The molecule has 1 fully saturated rings. The van der Waals surface area contributed by atoms with E-state index in [2.05, 4.69) is 30.8 Å². The fourth-order valence-electron chi connectivity index (χ4n) is 3.88. The van der Waals surface area contributed by atoms with Crippen molar-refractivity contribution in [3.8, 4) is 0 Å². The number of halogens is 1. The fraction of sp³-hybridized carbons (Fsp3) is 0.280. The van der Waals surface area contributed by atoms with Gasteiger partial charge in [-0.1, -0.05) is 36.4 Å². The van der Waals surface area contributed by atoms with E-state index in [-0.39, 0.29) is 13.1 Å². The van der Waals surface area contributed by atoms with Crippen molar-refractivity contribution in [2.75, 3.05) is 31.1 Å². The number of rotatable bonds is 5. The highest BCUT2D eigenvalue weighted by Gasteiger charge is 2.21. The van der Waals surface area contributed by atoms with E-state index in [1.807, 2.05) is 54.3 Å². The van der Waals surface area contributed by atoms with Crippen LogP contribution in [-0.2, 0) is 11.2 Å². The number of aryl methyl sites for hydroxylation is 1. The first-order valence-electron chi connectivity index (χ1n) is 10.7. The molecule has 1 aromatic carbocycles. The smallest absolute Gasteiger partial charge is 0.227 e. The maximum absolute atomic E-state index is 13.0. The second-order valence-corrected chi connectivity index (χ2v) is 8.80. The van der Waals surface area contributed by atoms with Gasteiger partial charge in [-0.25, -0.2) is 4.98 Å². The molecule has 1 aliphatic rings. The van der Waals surface area contributed by atoms with Crippen LogP contribution in [0.4, 0.5) is 5.82 Å². The second-order valence-electron chi connectivity index (χ2n) is 7.88. The van der Waals surface area contributed by atoms with Gasteiger partial charge in [0.2, 0.25) is 11.7 Å². The standard InChI is InChI=1S/C25H25BrN4O2.H2/c1-18-21(16-20(26)17-27-18)25(32)22-9-5-10-23(28-22)29-11-6-12-30(14-13-29)24(31)15-19-7-3-2-4-8-19;/h2-5,7-10,16-17H,6,11-15H2,1H3;1H. The first kappa shape index (κ1) is 22.1. The number of benzene rings is 1. The predicted molar refractivity (Wildman–Crippen MR) is 130 cm³/mol. The summed E-state index contributed by atoms with van der Waals surface area (Å²) >= 11 is 3.39. The Kier molecular flexibility index (Phi) is 6.95. The molecule has 3 heterocycles. The molecule has 0 N–H and O–H groups in total. The zero-order chi connectivity index (χ0) is 22.5. The molecule has 4 rings (SSSR count). The molecule has 0 saturated carbocycles. The van der Waals surface area contributed by atoms with E-state index >= 15 is 0 Å². The van der Waals surface area contributed by atoms with Gasteiger partial charge in [0.15, 0.2) is 0 Å². The van der Waals surface area contributed by atoms with Crippen molar-refractivity contribution in [1.29, 1.82) is 0 Å². The summed E-state index contributed by atoms with van der Waals surface area (Å²) in [6, 6.07) is 17.1. The summed E-state index contributed by atoms with van der Waals surface area (Å²) in [4.78, 5) is 38.8. The van der Waals surface area contributed by atoms with Crippen LogP contribution in [0.15, 0.2) is 65.3 Å². The number of amides is 1. The molecule has 0 unspecified atom stereocenters.